The molecule has 0 aliphatic rings. The summed E-state index contributed by atoms with van der Waals surface area (Å²) in [5, 5.41) is 3.86. The Morgan fingerprint density at radius 2 is 1.80 bits per heavy atom. The van der Waals surface area contributed by atoms with Gasteiger partial charge in [0.1, 0.15) is 6.04 Å². The van der Waals surface area contributed by atoms with Crippen molar-refractivity contribution in [3.63, 3.8) is 0 Å². The van der Waals surface area contributed by atoms with Gasteiger partial charge in [0.25, 0.3) is 0 Å². The zero-order valence-electron chi connectivity index (χ0n) is 17.9. The van der Waals surface area contributed by atoms with Gasteiger partial charge in [-0.05, 0) is 48.6 Å². The van der Waals surface area contributed by atoms with Crippen LogP contribution in [0.4, 0.5) is 0 Å². The molecule has 0 bridgehead atoms. The number of carbonyl (C=O) groups is 2. The number of nitrogens with zero attached hydrogens (tertiary/aromatic N) is 1. The summed E-state index contributed by atoms with van der Waals surface area (Å²) in [5.74, 6) is -0.211. The van der Waals surface area contributed by atoms with Gasteiger partial charge >= 0.3 is 0 Å². The Morgan fingerprint density at radius 1 is 1.07 bits per heavy atom. The van der Waals surface area contributed by atoms with Crippen molar-refractivity contribution in [1.29, 1.82) is 0 Å². The summed E-state index contributed by atoms with van der Waals surface area (Å²) in [6.07, 6.45) is 2.67. The largest absolute Gasteiger partial charge is 0.354 e. The van der Waals surface area contributed by atoms with Crippen LogP contribution >= 0.6 is 23.2 Å². The van der Waals surface area contributed by atoms with Crippen LogP contribution < -0.4 is 5.32 Å². The Morgan fingerprint density at radius 3 is 2.43 bits per heavy atom. The maximum absolute atomic E-state index is 13.3. The smallest absolute Gasteiger partial charge is 0.242 e. The van der Waals surface area contributed by atoms with Crippen LogP contribution in [-0.4, -0.2) is 29.3 Å². The molecule has 0 saturated heterocycles. The van der Waals surface area contributed by atoms with Crippen LogP contribution in [0.1, 0.15) is 49.8 Å². The Labute approximate surface area is 189 Å². The van der Waals surface area contributed by atoms with Crippen molar-refractivity contribution >= 4 is 35.0 Å². The number of hydrogen-bond donors (Lipinski definition) is 1. The van der Waals surface area contributed by atoms with Crippen molar-refractivity contribution in [1.82, 2.24) is 10.2 Å². The van der Waals surface area contributed by atoms with E-state index in [-0.39, 0.29) is 18.2 Å². The van der Waals surface area contributed by atoms with Crippen molar-refractivity contribution in [2.45, 2.75) is 59.0 Å². The van der Waals surface area contributed by atoms with E-state index in [0.29, 0.717) is 29.6 Å². The van der Waals surface area contributed by atoms with Gasteiger partial charge in [-0.15, -0.1) is 0 Å². The van der Waals surface area contributed by atoms with Crippen LogP contribution in [0.15, 0.2) is 42.5 Å². The van der Waals surface area contributed by atoms with Gasteiger partial charge in [0.15, 0.2) is 0 Å². The average Bonchev–Trinajstić information content (AvgIpc) is 2.72. The predicted octanol–water partition coefficient (Wildman–Crippen LogP) is 5.57. The minimum atomic E-state index is -0.548. The molecule has 0 fully saturated rings. The van der Waals surface area contributed by atoms with Gasteiger partial charge in [-0.1, -0.05) is 73.8 Å². The van der Waals surface area contributed by atoms with Gasteiger partial charge in [-0.2, -0.15) is 0 Å². The average molecular weight is 449 g/mol. The number of aryl methyl sites for hydroxylation is 1. The van der Waals surface area contributed by atoms with E-state index in [2.05, 4.69) is 12.2 Å². The van der Waals surface area contributed by atoms with Gasteiger partial charge in [0.05, 0.1) is 16.5 Å². The molecule has 0 heterocycles. The van der Waals surface area contributed by atoms with Gasteiger partial charge in [0.2, 0.25) is 11.8 Å². The zero-order chi connectivity index (χ0) is 22.1. The highest BCUT2D eigenvalue weighted by Crippen LogP contribution is 2.24. The third kappa shape index (κ3) is 6.75. The SMILES string of the molecule is CCCCNC(=O)[C@H](CC)N(Cc1ccc(Cl)c(Cl)c1)C(=O)Cc1ccccc1C. The van der Waals surface area contributed by atoms with Crippen LogP contribution in [0.2, 0.25) is 10.0 Å². The lowest BCUT2D eigenvalue weighted by Crippen LogP contribution is -2.49. The predicted molar refractivity (Wildman–Crippen MR) is 124 cm³/mol. The lowest BCUT2D eigenvalue weighted by Gasteiger charge is -2.31. The molecule has 0 radical (unpaired) electrons. The fourth-order valence-electron chi connectivity index (χ4n) is 3.33. The summed E-state index contributed by atoms with van der Waals surface area (Å²) in [4.78, 5) is 27.9. The first-order valence-corrected chi connectivity index (χ1v) is 11.2. The van der Waals surface area contributed by atoms with Crippen molar-refractivity contribution in [2.24, 2.45) is 0 Å². The lowest BCUT2D eigenvalue weighted by atomic mass is 10.0. The van der Waals surface area contributed by atoms with Crippen LogP contribution in [0, 0.1) is 6.92 Å². The molecule has 0 spiro atoms. The Kier molecular flexibility index (Phi) is 9.67. The number of rotatable bonds is 10. The topological polar surface area (TPSA) is 49.4 Å². The van der Waals surface area contributed by atoms with Crippen molar-refractivity contribution < 1.29 is 9.59 Å². The van der Waals surface area contributed by atoms with Gasteiger partial charge in [-0.25, -0.2) is 0 Å². The molecule has 2 rings (SSSR count). The van der Waals surface area contributed by atoms with E-state index >= 15 is 0 Å². The number of benzene rings is 2. The molecule has 2 amide bonds. The molecule has 6 heteroatoms. The van der Waals surface area contributed by atoms with E-state index in [1.54, 1.807) is 17.0 Å². The molecular weight excluding hydrogens is 419 g/mol. The first kappa shape index (κ1) is 24.2. The molecule has 0 unspecified atom stereocenters. The third-order valence-corrected chi connectivity index (χ3v) is 5.89. The highest BCUT2D eigenvalue weighted by molar-refractivity contribution is 6.42. The second kappa shape index (κ2) is 12.0. The van der Waals surface area contributed by atoms with Crippen LogP contribution in [0.25, 0.3) is 0 Å². The Balaban J connectivity index is 2.29. The molecule has 2 aromatic rings. The van der Waals surface area contributed by atoms with Crippen LogP contribution in [0.5, 0.6) is 0 Å². The number of halogens is 2. The first-order chi connectivity index (χ1) is 14.4. The standard InChI is InChI=1S/C24H30Cl2N2O2/c1-4-6-13-27-24(30)22(5-2)28(16-18-11-12-20(25)21(26)14-18)23(29)15-19-10-8-7-9-17(19)3/h7-12,14,22H,4-6,13,15-16H2,1-3H3,(H,27,30)/t22-/m0/s1. The molecule has 4 nitrogen and oxygen atoms in total. The summed E-state index contributed by atoms with van der Waals surface area (Å²) < 4.78 is 0. The van der Waals surface area contributed by atoms with Gasteiger partial charge in [0, 0.05) is 13.1 Å². The summed E-state index contributed by atoms with van der Waals surface area (Å²) in [7, 11) is 0. The monoisotopic (exact) mass is 448 g/mol. The van der Waals surface area contributed by atoms with E-state index in [0.717, 1.165) is 29.5 Å². The van der Waals surface area contributed by atoms with Crippen LogP contribution in [-0.2, 0) is 22.6 Å². The molecule has 2 aromatic carbocycles. The second-order valence-corrected chi connectivity index (χ2v) is 8.26. The molecule has 0 saturated carbocycles. The normalized spacial score (nSPS) is 11.8. The fourth-order valence-corrected chi connectivity index (χ4v) is 3.65. The van der Waals surface area contributed by atoms with Crippen LogP contribution in [0.3, 0.4) is 0 Å². The van der Waals surface area contributed by atoms with Gasteiger partial charge in [-0.3, -0.25) is 9.59 Å². The molecule has 30 heavy (non-hydrogen) atoms. The first-order valence-electron chi connectivity index (χ1n) is 10.4. The number of amides is 2. The zero-order valence-corrected chi connectivity index (χ0v) is 19.4. The lowest BCUT2D eigenvalue weighted by molar-refractivity contribution is -0.140. The quantitative estimate of drug-likeness (QED) is 0.483. The molecule has 1 atom stereocenters. The fraction of sp³-hybridized carbons (Fsp3) is 0.417. The number of carbonyl (C=O) groups excluding carboxylic acids is 2. The minimum Gasteiger partial charge on any atom is -0.354 e. The Hall–Kier alpha value is -2.04. The molecule has 0 aliphatic heterocycles. The van der Waals surface area contributed by atoms with E-state index < -0.39 is 6.04 Å². The molecule has 162 valence electrons. The minimum absolute atomic E-state index is 0.0899. The van der Waals surface area contributed by atoms with Crippen molar-refractivity contribution in [2.75, 3.05) is 6.54 Å². The summed E-state index contributed by atoms with van der Waals surface area (Å²) in [6.45, 7) is 6.89. The maximum Gasteiger partial charge on any atom is 0.242 e. The highest BCUT2D eigenvalue weighted by atomic mass is 35.5. The van der Waals surface area contributed by atoms with E-state index in [1.165, 1.54) is 0 Å². The summed E-state index contributed by atoms with van der Waals surface area (Å²) >= 11 is 12.2. The maximum atomic E-state index is 13.3. The van der Waals surface area contributed by atoms with E-state index in [9.17, 15) is 9.59 Å². The molecular formula is C24H30Cl2N2O2. The number of unbranched alkanes of at least 4 members (excludes halogenated alkanes) is 1. The molecule has 0 aromatic heterocycles. The number of nitrogens with one attached hydrogen (secondary N) is 1. The Bertz CT molecular complexity index is 870. The molecule has 0 aliphatic carbocycles. The van der Waals surface area contributed by atoms with E-state index in [1.807, 2.05) is 44.2 Å². The van der Waals surface area contributed by atoms with Crippen molar-refractivity contribution in [3.8, 4) is 0 Å². The van der Waals surface area contributed by atoms with E-state index in [4.69, 9.17) is 23.2 Å². The van der Waals surface area contributed by atoms with Crippen molar-refractivity contribution in [3.05, 3.63) is 69.2 Å². The van der Waals surface area contributed by atoms with Gasteiger partial charge < -0.3 is 10.2 Å². The third-order valence-electron chi connectivity index (χ3n) is 5.16. The molecule has 1 N–H and O–H groups in total. The summed E-state index contributed by atoms with van der Waals surface area (Å²) in [6, 6.07) is 12.6. The second-order valence-electron chi connectivity index (χ2n) is 7.44. The number of hydrogen-bond acceptors (Lipinski definition) is 2. The summed E-state index contributed by atoms with van der Waals surface area (Å²) in [5.41, 5.74) is 2.85. The highest BCUT2D eigenvalue weighted by Gasteiger charge is 2.28.